The van der Waals surface area contributed by atoms with Gasteiger partial charge in [0.25, 0.3) is 0 Å². The van der Waals surface area contributed by atoms with Crippen LogP contribution < -0.4 is 0 Å². The molecule has 0 amide bonds. The fraction of sp³-hybridized carbons (Fsp3) is 0.750. The van der Waals surface area contributed by atoms with Gasteiger partial charge >= 0.3 is 0 Å². The quantitative estimate of drug-likeness (QED) is 0.792. The first-order chi connectivity index (χ1) is 7.79. The Kier molecular flexibility index (Phi) is 4.79. The standard InChI is InChI=1S/C12H19BrN2S/c1-10-4-2-3-6-15(10)7-5-12-14-9-11(8-13)16-12/h9-10H,2-8H2,1H3. The average Bonchev–Trinajstić information content (AvgIpc) is 2.76. The van der Waals surface area contributed by atoms with Crippen molar-refractivity contribution in [1.82, 2.24) is 9.88 Å². The van der Waals surface area contributed by atoms with Crippen LogP contribution in [0.15, 0.2) is 6.20 Å². The van der Waals surface area contributed by atoms with Crippen LogP contribution in [0.2, 0.25) is 0 Å². The van der Waals surface area contributed by atoms with E-state index in [1.165, 1.54) is 42.2 Å². The van der Waals surface area contributed by atoms with Crippen LogP contribution in [0.5, 0.6) is 0 Å². The van der Waals surface area contributed by atoms with Crippen molar-refractivity contribution in [2.45, 2.75) is 44.0 Å². The summed E-state index contributed by atoms with van der Waals surface area (Å²) >= 11 is 5.31. The minimum atomic E-state index is 0.768. The average molecular weight is 303 g/mol. The van der Waals surface area contributed by atoms with Crippen molar-refractivity contribution in [3.05, 3.63) is 16.1 Å². The maximum Gasteiger partial charge on any atom is 0.0940 e. The maximum absolute atomic E-state index is 4.46. The second-order valence-corrected chi connectivity index (χ2v) is 6.25. The lowest BCUT2D eigenvalue weighted by Crippen LogP contribution is -2.38. The highest BCUT2D eigenvalue weighted by molar-refractivity contribution is 9.08. The number of thiazole rings is 1. The molecule has 1 aliphatic rings. The van der Waals surface area contributed by atoms with Crippen LogP contribution in [0.1, 0.15) is 36.1 Å². The fourth-order valence-corrected chi connectivity index (χ4v) is 3.50. The topological polar surface area (TPSA) is 16.1 Å². The fourth-order valence-electron chi connectivity index (χ4n) is 2.25. The molecule has 1 saturated heterocycles. The Labute approximate surface area is 110 Å². The van der Waals surface area contributed by atoms with Crippen LogP contribution in [-0.2, 0) is 11.8 Å². The molecular formula is C12H19BrN2S. The maximum atomic E-state index is 4.46. The van der Waals surface area contributed by atoms with E-state index >= 15 is 0 Å². The summed E-state index contributed by atoms with van der Waals surface area (Å²) < 4.78 is 0. The van der Waals surface area contributed by atoms with Gasteiger partial charge in [0.1, 0.15) is 0 Å². The number of likely N-dealkylation sites (tertiary alicyclic amines) is 1. The molecule has 1 fully saturated rings. The third-order valence-electron chi connectivity index (χ3n) is 3.29. The molecule has 0 aliphatic carbocycles. The van der Waals surface area contributed by atoms with Crippen LogP contribution in [0.4, 0.5) is 0 Å². The Balaban J connectivity index is 1.81. The highest BCUT2D eigenvalue weighted by Gasteiger charge is 2.17. The molecule has 90 valence electrons. The van der Waals surface area contributed by atoms with Gasteiger partial charge in [-0.3, -0.25) is 0 Å². The van der Waals surface area contributed by atoms with Gasteiger partial charge in [0.05, 0.1) is 5.01 Å². The van der Waals surface area contributed by atoms with Crippen molar-refractivity contribution >= 4 is 27.3 Å². The monoisotopic (exact) mass is 302 g/mol. The minimum Gasteiger partial charge on any atom is -0.300 e. The van der Waals surface area contributed by atoms with E-state index in [9.17, 15) is 0 Å². The lowest BCUT2D eigenvalue weighted by Gasteiger charge is -2.32. The summed E-state index contributed by atoms with van der Waals surface area (Å²) in [7, 11) is 0. The summed E-state index contributed by atoms with van der Waals surface area (Å²) in [4.78, 5) is 8.40. The van der Waals surface area contributed by atoms with E-state index in [4.69, 9.17) is 0 Å². The zero-order chi connectivity index (χ0) is 11.4. The number of alkyl halides is 1. The van der Waals surface area contributed by atoms with Crippen molar-refractivity contribution in [3.63, 3.8) is 0 Å². The molecule has 0 bridgehead atoms. The number of nitrogens with zero attached hydrogens (tertiary/aromatic N) is 2. The van der Waals surface area contributed by atoms with Gasteiger partial charge in [-0.15, -0.1) is 11.3 Å². The zero-order valence-corrected chi connectivity index (χ0v) is 12.2. The molecule has 2 heterocycles. The van der Waals surface area contributed by atoms with Crippen molar-refractivity contribution < 1.29 is 0 Å². The molecule has 0 aromatic carbocycles. The van der Waals surface area contributed by atoms with Gasteiger partial charge < -0.3 is 4.90 Å². The van der Waals surface area contributed by atoms with E-state index in [2.05, 4.69) is 32.7 Å². The lowest BCUT2D eigenvalue weighted by molar-refractivity contribution is 0.163. The summed E-state index contributed by atoms with van der Waals surface area (Å²) in [5, 5.41) is 2.22. The van der Waals surface area contributed by atoms with Gasteiger partial charge in [-0.05, 0) is 26.3 Å². The van der Waals surface area contributed by atoms with Gasteiger partial charge in [0, 0.05) is 35.4 Å². The van der Waals surface area contributed by atoms with Crippen LogP contribution in [0.25, 0.3) is 0 Å². The second kappa shape index (κ2) is 6.12. The molecule has 0 radical (unpaired) electrons. The van der Waals surface area contributed by atoms with E-state index < -0.39 is 0 Å². The van der Waals surface area contributed by atoms with Gasteiger partial charge in [-0.2, -0.15) is 0 Å². The Morgan fingerprint density at radius 2 is 2.44 bits per heavy atom. The smallest absolute Gasteiger partial charge is 0.0940 e. The first kappa shape index (κ1) is 12.5. The molecule has 1 unspecified atom stereocenters. The molecule has 4 heteroatoms. The minimum absolute atomic E-state index is 0.768. The highest BCUT2D eigenvalue weighted by Crippen LogP contribution is 2.19. The number of hydrogen-bond donors (Lipinski definition) is 0. The second-order valence-electron chi connectivity index (χ2n) is 4.48. The first-order valence-corrected chi connectivity index (χ1v) is 7.97. The largest absolute Gasteiger partial charge is 0.300 e. The van der Waals surface area contributed by atoms with E-state index in [0.29, 0.717) is 0 Å². The van der Waals surface area contributed by atoms with E-state index in [1.54, 1.807) is 0 Å². The van der Waals surface area contributed by atoms with Crippen LogP contribution in [0, 0.1) is 0 Å². The molecule has 1 aromatic rings. The van der Waals surface area contributed by atoms with E-state index in [0.717, 1.165) is 17.8 Å². The Morgan fingerprint density at radius 1 is 1.56 bits per heavy atom. The van der Waals surface area contributed by atoms with Crippen LogP contribution >= 0.6 is 27.3 Å². The van der Waals surface area contributed by atoms with Crippen molar-refractivity contribution in [1.29, 1.82) is 0 Å². The summed E-state index contributed by atoms with van der Waals surface area (Å²) in [6, 6.07) is 0.768. The van der Waals surface area contributed by atoms with Gasteiger partial charge in [0.2, 0.25) is 0 Å². The summed E-state index contributed by atoms with van der Waals surface area (Å²) in [6.07, 6.45) is 7.25. The highest BCUT2D eigenvalue weighted by atomic mass is 79.9. The van der Waals surface area contributed by atoms with E-state index in [-0.39, 0.29) is 0 Å². The third kappa shape index (κ3) is 3.28. The molecule has 1 aromatic heterocycles. The van der Waals surface area contributed by atoms with Crippen molar-refractivity contribution in [2.24, 2.45) is 0 Å². The van der Waals surface area contributed by atoms with Gasteiger partial charge in [0.15, 0.2) is 0 Å². The van der Waals surface area contributed by atoms with E-state index in [1.807, 2.05) is 17.5 Å². The Hall–Kier alpha value is 0.0700. The molecule has 16 heavy (non-hydrogen) atoms. The van der Waals surface area contributed by atoms with Crippen LogP contribution in [0.3, 0.4) is 0 Å². The molecule has 2 nitrogen and oxygen atoms in total. The van der Waals surface area contributed by atoms with Crippen molar-refractivity contribution in [2.75, 3.05) is 13.1 Å². The molecule has 0 N–H and O–H groups in total. The summed E-state index contributed by atoms with van der Waals surface area (Å²) in [5.74, 6) is 0. The Morgan fingerprint density at radius 3 is 3.12 bits per heavy atom. The summed E-state index contributed by atoms with van der Waals surface area (Å²) in [6.45, 7) is 4.80. The SMILES string of the molecule is CC1CCCCN1CCc1ncc(CBr)s1. The van der Waals surface area contributed by atoms with Crippen LogP contribution in [-0.4, -0.2) is 29.0 Å². The number of rotatable bonds is 4. The molecule has 0 spiro atoms. The molecule has 0 saturated carbocycles. The van der Waals surface area contributed by atoms with Crippen molar-refractivity contribution in [3.8, 4) is 0 Å². The molecular weight excluding hydrogens is 284 g/mol. The molecule has 1 aliphatic heterocycles. The normalized spacial score (nSPS) is 22.5. The first-order valence-electron chi connectivity index (χ1n) is 6.03. The Bertz CT molecular complexity index is 327. The molecule has 1 atom stereocenters. The number of piperidine rings is 1. The molecule has 2 rings (SSSR count). The summed E-state index contributed by atoms with van der Waals surface area (Å²) in [5.41, 5.74) is 0. The van der Waals surface area contributed by atoms with Gasteiger partial charge in [-0.25, -0.2) is 4.98 Å². The predicted molar refractivity (Wildman–Crippen MR) is 73.3 cm³/mol. The number of aromatic nitrogens is 1. The number of hydrogen-bond acceptors (Lipinski definition) is 3. The predicted octanol–water partition coefficient (Wildman–Crippen LogP) is 3.45. The third-order valence-corrected chi connectivity index (χ3v) is 5.32. The number of halogens is 1. The zero-order valence-electron chi connectivity index (χ0n) is 9.79. The lowest BCUT2D eigenvalue weighted by atomic mass is 10.0. The van der Waals surface area contributed by atoms with Gasteiger partial charge in [-0.1, -0.05) is 22.4 Å².